The number of piperidine rings is 1. The zero-order chi connectivity index (χ0) is 24.0. The van der Waals surface area contributed by atoms with Crippen molar-refractivity contribution in [2.75, 3.05) is 19.6 Å². The highest BCUT2D eigenvalue weighted by molar-refractivity contribution is 5.87. The van der Waals surface area contributed by atoms with Gasteiger partial charge in [0.25, 0.3) is 5.69 Å². The average Bonchev–Trinajstić information content (AvgIpc) is 3.22. The van der Waals surface area contributed by atoms with Gasteiger partial charge < -0.3 is 15.0 Å². The van der Waals surface area contributed by atoms with E-state index in [4.69, 9.17) is 0 Å². The van der Waals surface area contributed by atoms with Crippen LogP contribution in [-0.4, -0.2) is 39.5 Å². The fourth-order valence-electron chi connectivity index (χ4n) is 6.42. The Labute approximate surface area is 204 Å². The summed E-state index contributed by atoms with van der Waals surface area (Å²) in [7, 11) is 0. The van der Waals surface area contributed by atoms with Crippen LogP contribution in [0.3, 0.4) is 0 Å². The van der Waals surface area contributed by atoms with Gasteiger partial charge in [-0.15, -0.1) is 0 Å². The van der Waals surface area contributed by atoms with Gasteiger partial charge in [0.1, 0.15) is 5.75 Å². The van der Waals surface area contributed by atoms with Crippen LogP contribution >= 0.6 is 0 Å². The number of hydrogen-bond acceptors (Lipinski definition) is 4. The first-order chi connectivity index (χ1) is 17.0. The lowest BCUT2D eigenvalue weighted by atomic mass is 9.58. The smallest absolute Gasteiger partial charge is 0.271 e. The molecule has 0 amide bonds. The van der Waals surface area contributed by atoms with E-state index in [1.165, 1.54) is 22.4 Å². The number of aromatic amines is 1. The third-order valence-electron chi connectivity index (χ3n) is 8.25. The molecule has 2 aliphatic rings. The zero-order valence-corrected chi connectivity index (χ0v) is 19.6. The first-order valence-corrected chi connectivity index (χ1v) is 12.4. The summed E-state index contributed by atoms with van der Waals surface area (Å²) >= 11 is 0. The van der Waals surface area contributed by atoms with Crippen LogP contribution in [-0.2, 0) is 24.7 Å². The van der Waals surface area contributed by atoms with Crippen molar-refractivity contribution in [3.8, 4) is 5.75 Å². The van der Waals surface area contributed by atoms with E-state index >= 15 is 0 Å². The second-order valence-electron chi connectivity index (χ2n) is 10.1. The van der Waals surface area contributed by atoms with Gasteiger partial charge in [0.05, 0.1) is 10.4 Å². The number of nitro benzene ring substituents is 1. The molecule has 1 saturated heterocycles. The van der Waals surface area contributed by atoms with Gasteiger partial charge >= 0.3 is 0 Å². The number of nitro groups is 1. The third kappa shape index (κ3) is 3.88. The lowest BCUT2D eigenvalue weighted by molar-refractivity contribution is -0.384. The molecule has 0 radical (unpaired) electrons. The Bertz CT molecular complexity index is 1400. The number of fused-ring (bicyclic) bond motifs is 4. The molecule has 2 heterocycles. The molecular weight excluding hydrogens is 438 g/mol. The van der Waals surface area contributed by atoms with Crippen molar-refractivity contribution >= 4 is 16.6 Å². The molecule has 6 nitrogen and oxygen atoms in total. The summed E-state index contributed by atoms with van der Waals surface area (Å²) in [6.45, 7) is 3.05. The quantitative estimate of drug-likeness (QED) is 0.305. The Morgan fingerprint density at radius 1 is 1.09 bits per heavy atom. The molecule has 3 aromatic carbocycles. The first kappa shape index (κ1) is 21.9. The fourth-order valence-corrected chi connectivity index (χ4v) is 6.42. The number of H-pyrrole nitrogens is 1. The normalized spacial score (nSPS) is 22.0. The Hall–Kier alpha value is -3.64. The Balaban J connectivity index is 1.35. The third-order valence-corrected chi connectivity index (χ3v) is 8.25. The molecule has 6 heteroatoms. The molecule has 35 heavy (non-hydrogen) atoms. The van der Waals surface area contributed by atoms with Crippen molar-refractivity contribution in [3.05, 3.63) is 105 Å². The van der Waals surface area contributed by atoms with Gasteiger partial charge in [-0.3, -0.25) is 10.1 Å². The Morgan fingerprint density at radius 2 is 1.94 bits per heavy atom. The Morgan fingerprint density at radius 3 is 2.74 bits per heavy atom. The maximum absolute atomic E-state index is 11.3. The zero-order valence-electron chi connectivity index (χ0n) is 19.6. The van der Waals surface area contributed by atoms with Crippen LogP contribution in [0.2, 0.25) is 0 Å². The highest BCUT2D eigenvalue weighted by Crippen LogP contribution is 2.49. The lowest BCUT2D eigenvalue weighted by Gasteiger charge is -2.51. The largest absolute Gasteiger partial charge is 0.508 e. The minimum atomic E-state index is -0.335. The summed E-state index contributed by atoms with van der Waals surface area (Å²) in [6.07, 6.45) is 3.83. The molecular formula is C29H29N3O3. The van der Waals surface area contributed by atoms with Crippen molar-refractivity contribution in [2.45, 2.75) is 31.1 Å². The molecule has 2 atom stereocenters. The van der Waals surface area contributed by atoms with E-state index < -0.39 is 0 Å². The van der Waals surface area contributed by atoms with Crippen LogP contribution in [0.4, 0.5) is 5.69 Å². The number of phenols is 1. The van der Waals surface area contributed by atoms with Crippen molar-refractivity contribution in [3.63, 3.8) is 0 Å². The van der Waals surface area contributed by atoms with E-state index in [-0.39, 0.29) is 16.0 Å². The van der Waals surface area contributed by atoms with Crippen LogP contribution in [0.25, 0.3) is 10.9 Å². The second kappa shape index (κ2) is 8.54. The van der Waals surface area contributed by atoms with Crippen LogP contribution in [0, 0.1) is 16.0 Å². The number of likely N-dealkylation sites (tertiary alicyclic amines) is 1. The summed E-state index contributed by atoms with van der Waals surface area (Å²) in [5, 5.41) is 22.7. The monoisotopic (exact) mass is 467 g/mol. The average molecular weight is 468 g/mol. The van der Waals surface area contributed by atoms with Gasteiger partial charge in [-0.1, -0.05) is 42.5 Å². The van der Waals surface area contributed by atoms with Gasteiger partial charge in [0, 0.05) is 41.7 Å². The molecule has 1 unspecified atom stereocenters. The van der Waals surface area contributed by atoms with E-state index in [2.05, 4.69) is 46.3 Å². The minimum absolute atomic E-state index is 0.0677. The van der Waals surface area contributed by atoms with Crippen molar-refractivity contribution in [1.29, 1.82) is 0 Å². The molecule has 1 aromatic heterocycles. The number of nitrogens with zero attached hydrogens (tertiary/aromatic N) is 2. The van der Waals surface area contributed by atoms with Gasteiger partial charge in [-0.2, -0.15) is 0 Å². The molecule has 1 fully saturated rings. The molecule has 4 aromatic rings. The molecule has 6 rings (SSSR count). The predicted octanol–water partition coefficient (Wildman–Crippen LogP) is 5.38. The van der Waals surface area contributed by atoms with Crippen LogP contribution in [0.1, 0.15) is 28.8 Å². The van der Waals surface area contributed by atoms with E-state index in [9.17, 15) is 15.2 Å². The number of aromatic hydroxyl groups is 1. The molecule has 0 saturated carbocycles. The molecule has 178 valence electrons. The molecule has 0 bridgehead atoms. The van der Waals surface area contributed by atoms with Crippen LogP contribution < -0.4 is 0 Å². The van der Waals surface area contributed by atoms with E-state index in [1.807, 2.05) is 18.2 Å². The van der Waals surface area contributed by atoms with E-state index in [1.54, 1.807) is 18.2 Å². The number of rotatable bonds is 5. The summed E-state index contributed by atoms with van der Waals surface area (Å²) < 4.78 is 0. The first-order valence-electron chi connectivity index (χ1n) is 12.4. The number of non-ortho nitro benzene ring substituents is 1. The van der Waals surface area contributed by atoms with Crippen molar-refractivity contribution < 1.29 is 10.0 Å². The van der Waals surface area contributed by atoms with Gasteiger partial charge in [-0.25, -0.2) is 0 Å². The maximum Gasteiger partial charge on any atom is 0.271 e. The van der Waals surface area contributed by atoms with Crippen LogP contribution in [0.15, 0.2) is 72.8 Å². The summed E-state index contributed by atoms with van der Waals surface area (Å²) in [4.78, 5) is 17.1. The number of hydrogen-bond donors (Lipinski definition) is 2. The maximum atomic E-state index is 11.3. The second-order valence-corrected chi connectivity index (χ2v) is 10.1. The molecule has 0 spiro atoms. The summed E-state index contributed by atoms with van der Waals surface area (Å²) in [6, 6.07) is 23.6. The van der Waals surface area contributed by atoms with Crippen molar-refractivity contribution in [1.82, 2.24) is 9.88 Å². The number of benzene rings is 3. The van der Waals surface area contributed by atoms with E-state index in [0.717, 1.165) is 56.2 Å². The highest BCUT2D eigenvalue weighted by atomic mass is 16.6. The standard InChI is InChI=1S/C29H29N3O3/c33-24-8-4-7-21(15-24)29-12-14-31(13-11-20-5-2-1-3-6-20)19-22(29)16-26-25-10-9-23(32(34)35)17-27(25)30-28(26)18-29/h1-10,15,17,22,30,33H,11-14,16,18-19H2/t22?,29-/m1/s1. The van der Waals surface area contributed by atoms with Crippen LogP contribution in [0.5, 0.6) is 5.75 Å². The Kier molecular flexibility index (Phi) is 5.33. The van der Waals surface area contributed by atoms with Gasteiger partial charge in [0.15, 0.2) is 0 Å². The highest BCUT2D eigenvalue weighted by Gasteiger charge is 2.48. The minimum Gasteiger partial charge on any atom is -0.508 e. The molecule has 1 aliphatic heterocycles. The van der Waals surface area contributed by atoms with E-state index in [0.29, 0.717) is 11.7 Å². The summed E-state index contributed by atoms with van der Waals surface area (Å²) in [5.74, 6) is 0.704. The predicted molar refractivity (Wildman–Crippen MR) is 137 cm³/mol. The number of phenolic OH excluding ortho intramolecular Hbond substituents is 1. The van der Waals surface area contributed by atoms with Gasteiger partial charge in [0.2, 0.25) is 0 Å². The molecule has 2 N–H and O–H groups in total. The fraction of sp³-hybridized carbons (Fsp3) is 0.310. The van der Waals surface area contributed by atoms with Crippen molar-refractivity contribution in [2.24, 2.45) is 5.92 Å². The topological polar surface area (TPSA) is 82.4 Å². The summed E-state index contributed by atoms with van der Waals surface area (Å²) in [5.41, 5.74) is 5.92. The number of aromatic nitrogens is 1. The number of nitrogens with one attached hydrogen (secondary N) is 1. The SMILES string of the molecule is O=[N+]([O-])c1ccc2c3c([nH]c2c1)C[C@@]1(c2cccc(O)c2)CCN(CCc2ccccc2)CC1C3. The van der Waals surface area contributed by atoms with Gasteiger partial charge in [-0.05, 0) is 73.0 Å². The lowest BCUT2D eigenvalue weighted by Crippen LogP contribution is -2.54. The molecule has 1 aliphatic carbocycles.